The molecule has 0 bridgehead atoms. The van der Waals surface area contributed by atoms with Gasteiger partial charge in [0.05, 0.1) is 5.69 Å². The Kier molecular flexibility index (Phi) is 4.47. The Bertz CT molecular complexity index is 328. The number of rotatable bonds is 3. The molecule has 1 heterocycles. The van der Waals surface area contributed by atoms with Crippen molar-refractivity contribution >= 4 is 23.1 Å². The molecular weight excluding hydrogens is 234 g/mol. The van der Waals surface area contributed by atoms with E-state index in [0.29, 0.717) is 5.41 Å². The minimum Gasteiger partial charge on any atom is -0.234 e. The largest absolute Gasteiger partial charge is 0.234 e. The first-order valence-corrected chi connectivity index (χ1v) is 7.64. The fourth-order valence-corrected chi connectivity index (χ4v) is 3.60. The van der Waals surface area contributed by atoms with Crippen molar-refractivity contribution in [1.82, 2.24) is 4.98 Å². The Morgan fingerprint density at radius 1 is 1.19 bits per heavy atom. The fraction of sp³-hybridized carbons (Fsp3) is 0.769. The molecule has 0 radical (unpaired) electrons. The summed E-state index contributed by atoms with van der Waals surface area (Å²) in [4.78, 5) is 4.68. The Morgan fingerprint density at radius 2 is 1.81 bits per heavy atom. The summed E-state index contributed by atoms with van der Waals surface area (Å²) in [5.41, 5.74) is 1.83. The van der Waals surface area contributed by atoms with Gasteiger partial charge < -0.3 is 0 Å². The molecule has 0 amide bonds. The summed E-state index contributed by atoms with van der Waals surface area (Å²) in [6.07, 6.45) is 1.24. The molecular formula is C13H23NS2. The van der Waals surface area contributed by atoms with Crippen LogP contribution in [0.5, 0.6) is 0 Å². The lowest BCUT2D eigenvalue weighted by Gasteiger charge is -2.16. The second-order valence-electron chi connectivity index (χ2n) is 6.41. The van der Waals surface area contributed by atoms with Crippen LogP contribution in [0.1, 0.15) is 53.7 Å². The number of nitrogens with zero attached hydrogens (tertiary/aromatic N) is 1. The van der Waals surface area contributed by atoms with Gasteiger partial charge in [0.2, 0.25) is 0 Å². The van der Waals surface area contributed by atoms with E-state index in [1.807, 2.05) is 11.8 Å². The Labute approximate surface area is 108 Å². The van der Waals surface area contributed by atoms with E-state index < -0.39 is 0 Å². The molecule has 1 aromatic rings. The maximum atomic E-state index is 4.68. The molecule has 3 heteroatoms. The fourth-order valence-electron chi connectivity index (χ4n) is 1.11. The van der Waals surface area contributed by atoms with Crippen molar-refractivity contribution in [1.29, 1.82) is 0 Å². The zero-order valence-corrected chi connectivity index (χ0v) is 12.9. The summed E-state index contributed by atoms with van der Waals surface area (Å²) in [6, 6.07) is 0. The van der Waals surface area contributed by atoms with Gasteiger partial charge in [0, 0.05) is 16.5 Å². The van der Waals surface area contributed by atoms with Gasteiger partial charge in [-0.05, 0) is 11.8 Å². The van der Waals surface area contributed by atoms with E-state index in [0.717, 1.165) is 0 Å². The van der Waals surface area contributed by atoms with Crippen molar-refractivity contribution in [2.75, 3.05) is 5.75 Å². The van der Waals surface area contributed by atoms with Crippen LogP contribution in [-0.2, 0) is 5.41 Å². The van der Waals surface area contributed by atoms with Gasteiger partial charge in [0.15, 0.2) is 0 Å². The van der Waals surface area contributed by atoms with Gasteiger partial charge in [-0.2, -0.15) is 0 Å². The zero-order valence-electron chi connectivity index (χ0n) is 11.3. The van der Waals surface area contributed by atoms with Crippen LogP contribution in [0.4, 0.5) is 0 Å². The molecule has 16 heavy (non-hydrogen) atoms. The van der Waals surface area contributed by atoms with Crippen molar-refractivity contribution < 1.29 is 0 Å². The van der Waals surface area contributed by atoms with Crippen LogP contribution in [0.3, 0.4) is 0 Å². The highest BCUT2D eigenvalue weighted by atomic mass is 32.2. The number of hydrogen-bond donors (Lipinski definition) is 0. The number of thiazole rings is 1. The first-order valence-electron chi connectivity index (χ1n) is 5.77. The highest BCUT2D eigenvalue weighted by molar-refractivity contribution is 8.01. The van der Waals surface area contributed by atoms with Crippen molar-refractivity contribution in [2.24, 2.45) is 5.41 Å². The van der Waals surface area contributed by atoms with Gasteiger partial charge in [-0.1, -0.05) is 53.3 Å². The third kappa shape index (κ3) is 4.88. The summed E-state index contributed by atoms with van der Waals surface area (Å²) in [6.45, 7) is 13.5. The molecule has 92 valence electrons. The second kappa shape index (κ2) is 5.09. The SMILES string of the molecule is CC(C)(C)CCSc1nc(C(C)(C)C)cs1. The minimum absolute atomic E-state index is 0.180. The number of hydrogen-bond acceptors (Lipinski definition) is 3. The van der Waals surface area contributed by atoms with Crippen molar-refractivity contribution in [3.05, 3.63) is 11.1 Å². The highest BCUT2D eigenvalue weighted by Gasteiger charge is 2.17. The molecule has 0 aliphatic carbocycles. The van der Waals surface area contributed by atoms with Gasteiger partial charge in [0.1, 0.15) is 4.34 Å². The Balaban J connectivity index is 2.48. The molecule has 0 saturated carbocycles. The molecule has 0 fully saturated rings. The summed E-state index contributed by atoms with van der Waals surface area (Å²) in [7, 11) is 0. The first-order chi connectivity index (χ1) is 7.18. The van der Waals surface area contributed by atoms with Crippen molar-refractivity contribution in [3.8, 4) is 0 Å². The highest BCUT2D eigenvalue weighted by Crippen LogP contribution is 2.31. The van der Waals surface area contributed by atoms with Crippen molar-refractivity contribution in [3.63, 3.8) is 0 Å². The summed E-state index contributed by atoms with van der Waals surface area (Å²) >= 11 is 3.67. The average molecular weight is 257 g/mol. The van der Waals surface area contributed by atoms with E-state index >= 15 is 0 Å². The van der Waals surface area contributed by atoms with E-state index in [2.05, 4.69) is 51.9 Å². The van der Waals surface area contributed by atoms with Crippen molar-refractivity contribution in [2.45, 2.75) is 57.7 Å². The monoisotopic (exact) mass is 257 g/mol. The smallest absolute Gasteiger partial charge is 0.150 e. The van der Waals surface area contributed by atoms with E-state index in [1.165, 1.54) is 22.2 Å². The van der Waals surface area contributed by atoms with Crippen LogP contribution in [0.25, 0.3) is 0 Å². The Morgan fingerprint density at radius 3 is 2.25 bits per heavy atom. The van der Waals surface area contributed by atoms with Crippen LogP contribution in [0, 0.1) is 5.41 Å². The molecule has 1 nitrogen and oxygen atoms in total. The van der Waals surface area contributed by atoms with E-state index in [-0.39, 0.29) is 5.41 Å². The standard InChI is InChI=1S/C13H23NS2/c1-12(2,3)7-8-15-11-14-10(9-16-11)13(4,5)6/h9H,7-8H2,1-6H3. The lowest BCUT2D eigenvalue weighted by Crippen LogP contribution is -2.11. The maximum Gasteiger partial charge on any atom is 0.150 e. The topological polar surface area (TPSA) is 12.9 Å². The number of aromatic nitrogens is 1. The van der Waals surface area contributed by atoms with E-state index in [1.54, 1.807) is 11.3 Å². The molecule has 0 atom stereocenters. The molecule has 1 rings (SSSR count). The Hall–Kier alpha value is -0.0200. The van der Waals surface area contributed by atoms with Crippen LogP contribution in [0.2, 0.25) is 0 Å². The molecule has 1 aromatic heterocycles. The molecule has 0 saturated heterocycles. The zero-order chi connectivity index (χ0) is 12.4. The molecule has 0 aliphatic heterocycles. The lowest BCUT2D eigenvalue weighted by atomic mass is 9.93. The van der Waals surface area contributed by atoms with Gasteiger partial charge in [-0.15, -0.1) is 11.3 Å². The maximum absolute atomic E-state index is 4.68. The van der Waals surface area contributed by atoms with Crippen LogP contribution < -0.4 is 0 Å². The van der Waals surface area contributed by atoms with Gasteiger partial charge in [-0.25, -0.2) is 4.98 Å². The van der Waals surface area contributed by atoms with Gasteiger partial charge >= 0.3 is 0 Å². The summed E-state index contributed by atoms with van der Waals surface area (Å²) in [5.74, 6) is 1.17. The molecule has 0 N–H and O–H groups in total. The molecule has 0 spiro atoms. The third-order valence-corrected chi connectivity index (χ3v) is 4.35. The third-order valence-electron chi connectivity index (χ3n) is 2.33. The molecule has 0 aliphatic rings. The van der Waals surface area contributed by atoms with E-state index in [4.69, 9.17) is 0 Å². The normalized spacial score (nSPS) is 13.1. The number of thioether (sulfide) groups is 1. The van der Waals surface area contributed by atoms with Crippen LogP contribution in [-0.4, -0.2) is 10.7 Å². The molecule has 0 unspecified atom stereocenters. The summed E-state index contributed by atoms with van der Waals surface area (Å²) < 4.78 is 1.22. The quantitative estimate of drug-likeness (QED) is 0.709. The predicted octanol–water partition coefficient (Wildman–Crippen LogP) is 4.97. The van der Waals surface area contributed by atoms with E-state index in [9.17, 15) is 0 Å². The van der Waals surface area contributed by atoms with Crippen LogP contribution >= 0.6 is 23.1 Å². The first kappa shape index (κ1) is 14.0. The van der Waals surface area contributed by atoms with Gasteiger partial charge in [0.25, 0.3) is 0 Å². The minimum atomic E-state index is 0.180. The lowest BCUT2D eigenvalue weighted by molar-refractivity contribution is 0.401. The second-order valence-corrected chi connectivity index (χ2v) is 8.61. The van der Waals surface area contributed by atoms with Gasteiger partial charge in [-0.3, -0.25) is 0 Å². The average Bonchev–Trinajstić information content (AvgIpc) is 2.49. The van der Waals surface area contributed by atoms with Crippen LogP contribution in [0.15, 0.2) is 9.72 Å². The summed E-state index contributed by atoms with van der Waals surface area (Å²) in [5, 5.41) is 2.19. The predicted molar refractivity (Wildman–Crippen MR) is 75.6 cm³/mol. The molecule has 0 aromatic carbocycles.